The highest BCUT2D eigenvalue weighted by atomic mass is 32.2. The summed E-state index contributed by atoms with van der Waals surface area (Å²) in [5.41, 5.74) is 1.96. The first-order valence-corrected chi connectivity index (χ1v) is 12.5. The van der Waals surface area contributed by atoms with Crippen molar-refractivity contribution >= 4 is 21.7 Å². The van der Waals surface area contributed by atoms with Gasteiger partial charge in [0.15, 0.2) is 0 Å². The molecule has 9 heteroatoms. The zero-order chi connectivity index (χ0) is 22.0. The Labute approximate surface area is 185 Å². The molecule has 0 bridgehead atoms. The van der Waals surface area contributed by atoms with Gasteiger partial charge in [-0.25, -0.2) is 18.4 Å². The maximum atomic E-state index is 12.9. The second-order valence-electron chi connectivity index (χ2n) is 8.55. The average molecular weight is 445 g/mol. The van der Waals surface area contributed by atoms with Gasteiger partial charge >= 0.3 is 0 Å². The third-order valence-corrected chi connectivity index (χ3v) is 7.91. The van der Waals surface area contributed by atoms with Gasteiger partial charge < -0.3 is 14.7 Å². The van der Waals surface area contributed by atoms with Crippen molar-refractivity contribution in [2.24, 2.45) is 0 Å². The molecule has 2 aromatic rings. The fraction of sp³-hybridized carbons (Fsp3) is 0.545. The van der Waals surface area contributed by atoms with Gasteiger partial charge in [-0.3, -0.25) is 0 Å². The van der Waals surface area contributed by atoms with Crippen LogP contribution in [-0.4, -0.2) is 87.0 Å². The van der Waals surface area contributed by atoms with Gasteiger partial charge in [-0.2, -0.15) is 4.31 Å². The van der Waals surface area contributed by atoms with Gasteiger partial charge in [0.1, 0.15) is 17.5 Å². The predicted octanol–water partition coefficient (Wildman–Crippen LogP) is 1.50. The average Bonchev–Trinajstić information content (AvgIpc) is 2.75. The third-order valence-electron chi connectivity index (χ3n) is 6.06. The van der Waals surface area contributed by atoms with E-state index in [1.807, 2.05) is 38.1 Å². The van der Waals surface area contributed by atoms with E-state index in [4.69, 9.17) is 0 Å². The van der Waals surface area contributed by atoms with Crippen LogP contribution in [0, 0.1) is 13.8 Å². The van der Waals surface area contributed by atoms with Gasteiger partial charge in [0.05, 0.1) is 5.75 Å². The number of benzene rings is 1. The van der Waals surface area contributed by atoms with E-state index in [9.17, 15) is 8.42 Å². The van der Waals surface area contributed by atoms with Gasteiger partial charge in [-0.1, -0.05) is 29.8 Å². The Kier molecular flexibility index (Phi) is 6.45. The van der Waals surface area contributed by atoms with Crippen molar-refractivity contribution in [2.75, 3.05) is 69.2 Å². The maximum absolute atomic E-state index is 12.9. The first kappa shape index (κ1) is 22.0. The summed E-state index contributed by atoms with van der Waals surface area (Å²) in [6, 6.07) is 9.75. The van der Waals surface area contributed by atoms with E-state index in [0.717, 1.165) is 54.8 Å². The van der Waals surface area contributed by atoms with E-state index in [1.165, 1.54) is 0 Å². The Balaban J connectivity index is 1.41. The maximum Gasteiger partial charge on any atom is 0.218 e. The quantitative estimate of drug-likeness (QED) is 0.692. The summed E-state index contributed by atoms with van der Waals surface area (Å²) in [5.74, 6) is 2.65. The van der Waals surface area contributed by atoms with Crippen molar-refractivity contribution < 1.29 is 8.42 Å². The van der Waals surface area contributed by atoms with Gasteiger partial charge in [0, 0.05) is 58.4 Å². The van der Waals surface area contributed by atoms with Crippen LogP contribution in [0.1, 0.15) is 17.0 Å². The molecule has 0 spiro atoms. The molecule has 0 atom stereocenters. The molecule has 1 aromatic carbocycles. The van der Waals surface area contributed by atoms with Crippen molar-refractivity contribution in [3.05, 3.63) is 47.3 Å². The Bertz CT molecular complexity index is 995. The van der Waals surface area contributed by atoms with Gasteiger partial charge in [-0.15, -0.1) is 0 Å². The monoisotopic (exact) mass is 444 g/mol. The summed E-state index contributed by atoms with van der Waals surface area (Å²) >= 11 is 0. The predicted molar refractivity (Wildman–Crippen MR) is 124 cm³/mol. The number of nitrogens with zero attached hydrogens (tertiary/aromatic N) is 6. The molecule has 0 saturated carbocycles. The minimum absolute atomic E-state index is 0.0491. The van der Waals surface area contributed by atoms with Crippen molar-refractivity contribution in [3.63, 3.8) is 0 Å². The van der Waals surface area contributed by atoms with Crippen LogP contribution in [0.4, 0.5) is 11.6 Å². The molecule has 168 valence electrons. The normalized spacial score (nSPS) is 19.1. The Hall–Kier alpha value is -2.23. The number of anilines is 2. The molecule has 2 fully saturated rings. The molecule has 1 aromatic heterocycles. The van der Waals surface area contributed by atoms with Crippen LogP contribution in [0.3, 0.4) is 0 Å². The lowest BCUT2D eigenvalue weighted by atomic mass is 10.2. The molecule has 31 heavy (non-hydrogen) atoms. The van der Waals surface area contributed by atoms with E-state index >= 15 is 0 Å². The summed E-state index contributed by atoms with van der Waals surface area (Å²) in [5, 5.41) is 0. The fourth-order valence-corrected chi connectivity index (χ4v) is 5.59. The largest absolute Gasteiger partial charge is 0.354 e. The Morgan fingerprint density at radius 1 is 0.806 bits per heavy atom. The van der Waals surface area contributed by atoms with Gasteiger partial charge in [0.25, 0.3) is 0 Å². The molecule has 0 radical (unpaired) electrons. The molecular formula is C22H32N6O2S. The SMILES string of the molecule is Cc1ccc(CS(=O)(=O)N2CCN(c3cc(N4CCN(C)CC4)nc(C)n3)CC2)cc1. The molecule has 2 aliphatic heterocycles. The smallest absolute Gasteiger partial charge is 0.218 e. The first-order chi connectivity index (χ1) is 14.8. The standard InChI is InChI=1S/C22H32N6O2S/c1-18-4-6-20(7-5-18)17-31(29,30)28-14-12-27(13-15-28)22-16-21(23-19(2)24-22)26-10-8-25(3)9-11-26/h4-7,16H,8-15,17H2,1-3H3. The minimum atomic E-state index is -3.33. The molecular weight excluding hydrogens is 412 g/mol. The van der Waals surface area contributed by atoms with Crippen LogP contribution < -0.4 is 9.80 Å². The summed E-state index contributed by atoms with van der Waals surface area (Å²) in [6.45, 7) is 10.1. The van der Waals surface area contributed by atoms with E-state index < -0.39 is 10.0 Å². The van der Waals surface area contributed by atoms with Crippen molar-refractivity contribution in [1.82, 2.24) is 19.2 Å². The number of likely N-dealkylation sites (N-methyl/N-ethyl adjacent to an activating group) is 1. The molecule has 0 amide bonds. The van der Waals surface area contributed by atoms with E-state index in [-0.39, 0.29) is 5.75 Å². The third kappa shape index (κ3) is 5.34. The van der Waals surface area contributed by atoms with Crippen LogP contribution in [0.5, 0.6) is 0 Å². The van der Waals surface area contributed by atoms with Crippen LogP contribution in [0.2, 0.25) is 0 Å². The number of hydrogen-bond donors (Lipinski definition) is 0. The summed E-state index contributed by atoms with van der Waals surface area (Å²) in [7, 11) is -1.19. The Morgan fingerprint density at radius 3 is 1.87 bits per heavy atom. The number of rotatable bonds is 5. The molecule has 8 nitrogen and oxygen atoms in total. The lowest BCUT2D eigenvalue weighted by molar-refractivity contribution is 0.312. The second kappa shape index (κ2) is 9.10. The number of aryl methyl sites for hydroxylation is 2. The van der Waals surface area contributed by atoms with E-state index in [0.29, 0.717) is 26.2 Å². The molecule has 0 unspecified atom stereocenters. The van der Waals surface area contributed by atoms with E-state index in [2.05, 4.69) is 37.8 Å². The van der Waals surface area contributed by atoms with Crippen molar-refractivity contribution in [3.8, 4) is 0 Å². The molecule has 2 saturated heterocycles. The highest BCUT2D eigenvalue weighted by Crippen LogP contribution is 2.23. The molecule has 2 aliphatic rings. The lowest BCUT2D eigenvalue weighted by Gasteiger charge is -2.36. The number of sulfonamides is 1. The number of aromatic nitrogens is 2. The molecule has 4 rings (SSSR count). The Morgan fingerprint density at radius 2 is 1.32 bits per heavy atom. The van der Waals surface area contributed by atoms with E-state index in [1.54, 1.807) is 4.31 Å². The zero-order valence-electron chi connectivity index (χ0n) is 18.7. The van der Waals surface area contributed by atoms with Crippen LogP contribution in [0.15, 0.2) is 30.3 Å². The molecule has 3 heterocycles. The zero-order valence-corrected chi connectivity index (χ0v) is 19.5. The van der Waals surface area contributed by atoms with Crippen molar-refractivity contribution in [1.29, 1.82) is 0 Å². The first-order valence-electron chi connectivity index (χ1n) is 10.9. The van der Waals surface area contributed by atoms with Crippen LogP contribution >= 0.6 is 0 Å². The van der Waals surface area contributed by atoms with Crippen LogP contribution in [0.25, 0.3) is 0 Å². The summed E-state index contributed by atoms with van der Waals surface area (Å²) in [6.07, 6.45) is 0. The number of hydrogen-bond acceptors (Lipinski definition) is 7. The molecule has 0 aliphatic carbocycles. The highest BCUT2D eigenvalue weighted by molar-refractivity contribution is 7.88. The molecule has 0 N–H and O–H groups in total. The summed E-state index contributed by atoms with van der Waals surface area (Å²) < 4.78 is 27.4. The van der Waals surface area contributed by atoms with Gasteiger partial charge in [0.2, 0.25) is 10.0 Å². The summed E-state index contributed by atoms with van der Waals surface area (Å²) in [4.78, 5) is 16.1. The van der Waals surface area contributed by atoms with Gasteiger partial charge in [-0.05, 0) is 26.5 Å². The fourth-order valence-electron chi connectivity index (χ4n) is 4.08. The van der Waals surface area contributed by atoms with Crippen LogP contribution in [-0.2, 0) is 15.8 Å². The topological polar surface area (TPSA) is 72.9 Å². The second-order valence-corrected chi connectivity index (χ2v) is 10.5. The lowest BCUT2D eigenvalue weighted by Crippen LogP contribution is -2.49. The van der Waals surface area contributed by atoms with Crippen molar-refractivity contribution in [2.45, 2.75) is 19.6 Å². The highest BCUT2D eigenvalue weighted by Gasteiger charge is 2.28. The minimum Gasteiger partial charge on any atom is -0.354 e. The number of piperazine rings is 2.